The van der Waals surface area contributed by atoms with E-state index in [0.29, 0.717) is 0 Å². The SMILES string of the molecule is CCNc1nc(-c2ccc(S(=O)(=O)N(C)C)cc2)cs1. The average molecular weight is 311 g/mol. The molecule has 0 atom stereocenters. The summed E-state index contributed by atoms with van der Waals surface area (Å²) in [6.45, 7) is 2.84. The lowest BCUT2D eigenvalue weighted by atomic mass is 10.2. The second-order valence-electron chi connectivity index (χ2n) is 4.38. The lowest BCUT2D eigenvalue weighted by Gasteiger charge is -2.11. The summed E-state index contributed by atoms with van der Waals surface area (Å²) < 4.78 is 25.1. The first-order valence-electron chi connectivity index (χ1n) is 6.17. The number of sulfonamides is 1. The third kappa shape index (κ3) is 3.00. The fraction of sp³-hybridized carbons (Fsp3) is 0.308. The van der Waals surface area contributed by atoms with Crippen molar-refractivity contribution < 1.29 is 8.42 Å². The van der Waals surface area contributed by atoms with Crippen LogP contribution in [0.1, 0.15) is 6.92 Å². The van der Waals surface area contributed by atoms with E-state index in [1.165, 1.54) is 29.7 Å². The van der Waals surface area contributed by atoms with Gasteiger partial charge in [-0.1, -0.05) is 12.1 Å². The highest BCUT2D eigenvalue weighted by atomic mass is 32.2. The summed E-state index contributed by atoms with van der Waals surface area (Å²) in [6, 6.07) is 6.77. The minimum Gasteiger partial charge on any atom is -0.362 e. The van der Waals surface area contributed by atoms with Crippen molar-refractivity contribution >= 4 is 26.5 Å². The fourth-order valence-electron chi connectivity index (χ4n) is 1.65. The summed E-state index contributed by atoms with van der Waals surface area (Å²) >= 11 is 1.53. The first-order chi connectivity index (χ1) is 9.45. The molecule has 0 saturated carbocycles. The number of benzene rings is 1. The van der Waals surface area contributed by atoms with E-state index in [-0.39, 0.29) is 4.90 Å². The van der Waals surface area contributed by atoms with E-state index < -0.39 is 10.0 Å². The number of rotatable bonds is 5. The number of anilines is 1. The van der Waals surface area contributed by atoms with E-state index in [4.69, 9.17) is 0 Å². The molecule has 0 spiro atoms. The monoisotopic (exact) mass is 311 g/mol. The summed E-state index contributed by atoms with van der Waals surface area (Å²) in [6.07, 6.45) is 0. The zero-order valence-corrected chi connectivity index (χ0v) is 13.3. The first kappa shape index (κ1) is 15.0. The van der Waals surface area contributed by atoms with Crippen molar-refractivity contribution in [2.45, 2.75) is 11.8 Å². The minimum absolute atomic E-state index is 0.286. The van der Waals surface area contributed by atoms with Crippen molar-refractivity contribution in [3.63, 3.8) is 0 Å². The normalized spacial score (nSPS) is 11.8. The van der Waals surface area contributed by atoms with E-state index in [2.05, 4.69) is 10.3 Å². The molecule has 2 rings (SSSR count). The maximum atomic E-state index is 12.0. The Morgan fingerprint density at radius 2 is 1.90 bits per heavy atom. The Bertz CT molecular complexity index is 676. The van der Waals surface area contributed by atoms with Gasteiger partial charge in [0.25, 0.3) is 0 Å². The van der Waals surface area contributed by atoms with Gasteiger partial charge in [0, 0.05) is 31.6 Å². The van der Waals surface area contributed by atoms with Crippen LogP contribution in [0.3, 0.4) is 0 Å². The quantitative estimate of drug-likeness (QED) is 0.921. The zero-order valence-electron chi connectivity index (χ0n) is 11.6. The molecule has 0 amide bonds. The highest BCUT2D eigenvalue weighted by molar-refractivity contribution is 7.89. The molecule has 1 aromatic carbocycles. The van der Waals surface area contributed by atoms with E-state index in [0.717, 1.165) is 22.9 Å². The molecular formula is C13H17N3O2S2. The van der Waals surface area contributed by atoms with E-state index in [1.807, 2.05) is 12.3 Å². The van der Waals surface area contributed by atoms with Gasteiger partial charge in [-0.3, -0.25) is 0 Å². The molecule has 1 heterocycles. The summed E-state index contributed by atoms with van der Waals surface area (Å²) in [4.78, 5) is 4.73. The molecule has 0 aliphatic carbocycles. The third-order valence-electron chi connectivity index (χ3n) is 2.76. The molecule has 0 radical (unpaired) electrons. The molecule has 1 aromatic heterocycles. The number of thiazole rings is 1. The lowest BCUT2D eigenvalue weighted by molar-refractivity contribution is 0.521. The van der Waals surface area contributed by atoms with Gasteiger partial charge in [0.2, 0.25) is 10.0 Å². The predicted molar refractivity (Wildman–Crippen MR) is 82.6 cm³/mol. The smallest absolute Gasteiger partial charge is 0.242 e. The summed E-state index contributed by atoms with van der Waals surface area (Å²) in [7, 11) is -0.336. The number of hydrogen-bond acceptors (Lipinski definition) is 5. The van der Waals surface area contributed by atoms with Crippen molar-refractivity contribution in [2.24, 2.45) is 0 Å². The predicted octanol–water partition coefficient (Wildman–Crippen LogP) is 2.49. The number of hydrogen-bond donors (Lipinski definition) is 1. The zero-order chi connectivity index (χ0) is 14.8. The summed E-state index contributed by atoms with van der Waals surface area (Å²) in [5.74, 6) is 0. The van der Waals surface area contributed by atoms with Crippen LogP contribution >= 0.6 is 11.3 Å². The van der Waals surface area contributed by atoms with Crippen LogP contribution in [-0.2, 0) is 10.0 Å². The van der Waals surface area contributed by atoms with Gasteiger partial charge in [-0.2, -0.15) is 0 Å². The maximum Gasteiger partial charge on any atom is 0.242 e. The fourth-order valence-corrected chi connectivity index (χ4v) is 3.34. The molecule has 7 heteroatoms. The highest BCUT2D eigenvalue weighted by Crippen LogP contribution is 2.26. The lowest BCUT2D eigenvalue weighted by Crippen LogP contribution is -2.22. The van der Waals surface area contributed by atoms with Gasteiger partial charge in [-0.25, -0.2) is 17.7 Å². The Hall–Kier alpha value is -1.44. The van der Waals surface area contributed by atoms with Crippen LogP contribution in [-0.4, -0.2) is 38.3 Å². The van der Waals surface area contributed by atoms with Crippen molar-refractivity contribution in [1.82, 2.24) is 9.29 Å². The van der Waals surface area contributed by atoms with Gasteiger partial charge in [-0.15, -0.1) is 11.3 Å². The molecule has 1 N–H and O–H groups in total. The molecule has 2 aromatic rings. The largest absolute Gasteiger partial charge is 0.362 e. The number of aromatic nitrogens is 1. The van der Waals surface area contributed by atoms with Gasteiger partial charge >= 0.3 is 0 Å². The summed E-state index contributed by atoms with van der Waals surface area (Å²) in [5.41, 5.74) is 1.75. The van der Waals surface area contributed by atoms with Gasteiger partial charge in [0.1, 0.15) is 0 Å². The summed E-state index contributed by atoms with van der Waals surface area (Å²) in [5, 5.41) is 5.97. The van der Waals surface area contributed by atoms with Gasteiger partial charge in [0.05, 0.1) is 10.6 Å². The molecule has 0 bridgehead atoms. The first-order valence-corrected chi connectivity index (χ1v) is 8.49. The van der Waals surface area contributed by atoms with Gasteiger partial charge < -0.3 is 5.32 Å². The van der Waals surface area contributed by atoms with Crippen LogP contribution in [0.15, 0.2) is 34.5 Å². The van der Waals surface area contributed by atoms with Crippen molar-refractivity contribution in [3.8, 4) is 11.3 Å². The second-order valence-corrected chi connectivity index (χ2v) is 7.39. The Labute approximate surface area is 123 Å². The Morgan fingerprint density at radius 3 is 2.45 bits per heavy atom. The third-order valence-corrected chi connectivity index (χ3v) is 5.39. The second kappa shape index (κ2) is 5.90. The van der Waals surface area contributed by atoms with Crippen LogP contribution in [0.2, 0.25) is 0 Å². The average Bonchev–Trinajstić information content (AvgIpc) is 2.88. The maximum absolute atomic E-state index is 12.0. The van der Waals surface area contributed by atoms with Crippen molar-refractivity contribution in [1.29, 1.82) is 0 Å². The number of nitrogens with one attached hydrogen (secondary N) is 1. The minimum atomic E-state index is -3.38. The van der Waals surface area contributed by atoms with Gasteiger partial charge in [-0.05, 0) is 19.1 Å². The molecule has 0 aliphatic rings. The van der Waals surface area contributed by atoms with Crippen LogP contribution in [0.4, 0.5) is 5.13 Å². The standard InChI is InChI=1S/C13H17N3O2S2/c1-4-14-13-15-12(9-19-13)10-5-7-11(8-6-10)20(17,18)16(2)3/h5-9H,4H2,1-3H3,(H,14,15). The van der Waals surface area contributed by atoms with Crippen LogP contribution in [0, 0.1) is 0 Å². The topological polar surface area (TPSA) is 62.3 Å². The Kier molecular flexibility index (Phi) is 4.42. The highest BCUT2D eigenvalue weighted by Gasteiger charge is 2.16. The molecule has 0 fully saturated rings. The van der Waals surface area contributed by atoms with E-state index in [1.54, 1.807) is 24.3 Å². The Balaban J connectivity index is 2.28. The molecule has 0 saturated heterocycles. The van der Waals surface area contributed by atoms with Crippen LogP contribution < -0.4 is 5.32 Å². The molecule has 0 unspecified atom stereocenters. The Morgan fingerprint density at radius 1 is 1.25 bits per heavy atom. The van der Waals surface area contributed by atoms with Crippen molar-refractivity contribution in [2.75, 3.05) is 26.0 Å². The molecule has 0 aliphatic heterocycles. The molecule has 108 valence electrons. The molecule has 20 heavy (non-hydrogen) atoms. The van der Waals surface area contributed by atoms with Crippen LogP contribution in [0.5, 0.6) is 0 Å². The van der Waals surface area contributed by atoms with Gasteiger partial charge in [0.15, 0.2) is 5.13 Å². The van der Waals surface area contributed by atoms with E-state index >= 15 is 0 Å². The van der Waals surface area contributed by atoms with Crippen molar-refractivity contribution in [3.05, 3.63) is 29.6 Å². The number of nitrogens with zero attached hydrogens (tertiary/aromatic N) is 2. The molecule has 5 nitrogen and oxygen atoms in total. The molecular weight excluding hydrogens is 294 g/mol. The van der Waals surface area contributed by atoms with Crippen LogP contribution in [0.25, 0.3) is 11.3 Å². The van der Waals surface area contributed by atoms with E-state index in [9.17, 15) is 8.42 Å².